The van der Waals surface area contributed by atoms with E-state index in [4.69, 9.17) is 0 Å². The summed E-state index contributed by atoms with van der Waals surface area (Å²) >= 11 is 0. The Labute approximate surface area is 107 Å². The molecule has 2 rings (SSSR count). The van der Waals surface area contributed by atoms with Crippen LogP contribution < -0.4 is 5.32 Å². The molecule has 18 heavy (non-hydrogen) atoms. The number of nitrogens with one attached hydrogen (secondary N) is 1. The van der Waals surface area contributed by atoms with Gasteiger partial charge >= 0.3 is 5.97 Å². The molecule has 2 saturated heterocycles. The van der Waals surface area contributed by atoms with Crippen molar-refractivity contribution in [2.24, 2.45) is 0 Å². The van der Waals surface area contributed by atoms with E-state index in [1.807, 2.05) is 4.90 Å². The monoisotopic (exact) mass is 276 g/mol. The van der Waals surface area contributed by atoms with Gasteiger partial charge in [0, 0.05) is 19.6 Å². The summed E-state index contributed by atoms with van der Waals surface area (Å²) in [5, 5.41) is 12.7. The smallest absolute Gasteiger partial charge is 0.325 e. The minimum Gasteiger partial charge on any atom is -0.480 e. The van der Waals surface area contributed by atoms with Crippen molar-refractivity contribution in [1.82, 2.24) is 10.2 Å². The number of carboxylic acid groups (broad SMARTS) is 1. The van der Waals surface area contributed by atoms with Gasteiger partial charge in [-0.3, -0.25) is 9.69 Å². The highest BCUT2D eigenvalue weighted by Gasteiger charge is 2.49. The van der Waals surface area contributed by atoms with Gasteiger partial charge < -0.3 is 10.4 Å². The van der Waals surface area contributed by atoms with E-state index in [0.29, 0.717) is 25.9 Å². The first-order valence-corrected chi connectivity index (χ1v) is 8.18. The van der Waals surface area contributed by atoms with Crippen LogP contribution in [0.4, 0.5) is 0 Å². The minimum atomic E-state index is -3.24. The van der Waals surface area contributed by atoms with Gasteiger partial charge in [0.1, 0.15) is 5.54 Å². The maximum atomic E-state index is 11.8. The van der Waals surface area contributed by atoms with Crippen LogP contribution in [-0.4, -0.2) is 67.6 Å². The molecular weight excluding hydrogens is 256 g/mol. The molecular formula is C11H20N2O4S. The van der Waals surface area contributed by atoms with Gasteiger partial charge in [-0.1, -0.05) is 0 Å². The fourth-order valence-electron chi connectivity index (χ4n) is 2.92. The van der Waals surface area contributed by atoms with Crippen LogP contribution in [0, 0.1) is 0 Å². The zero-order chi connectivity index (χ0) is 13.2. The molecule has 2 heterocycles. The van der Waals surface area contributed by atoms with Gasteiger partial charge in [-0.15, -0.1) is 0 Å². The van der Waals surface area contributed by atoms with Crippen molar-refractivity contribution in [1.29, 1.82) is 0 Å². The van der Waals surface area contributed by atoms with Crippen molar-refractivity contribution in [2.75, 3.05) is 37.7 Å². The van der Waals surface area contributed by atoms with Crippen LogP contribution in [0.25, 0.3) is 0 Å². The fraction of sp³-hybridized carbons (Fsp3) is 0.909. The third-order valence-corrected chi connectivity index (χ3v) is 5.68. The topological polar surface area (TPSA) is 86.7 Å². The molecule has 0 radical (unpaired) electrons. The molecule has 2 aliphatic heterocycles. The summed E-state index contributed by atoms with van der Waals surface area (Å²) < 4.78 is 23.6. The van der Waals surface area contributed by atoms with Crippen LogP contribution >= 0.6 is 0 Å². The largest absolute Gasteiger partial charge is 0.480 e. The molecule has 2 fully saturated rings. The Balaban J connectivity index is 2.28. The Bertz CT molecular complexity index is 415. The lowest BCUT2D eigenvalue weighted by Gasteiger charge is -2.42. The molecule has 7 heteroatoms. The van der Waals surface area contributed by atoms with Crippen molar-refractivity contribution >= 4 is 15.8 Å². The molecule has 2 aliphatic rings. The minimum absolute atomic E-state index is 0.119. The summed E-state index contributed by atoms with van der Waals surface area (Å²) in [7, 11) is -3.24. The van der Waals surface area contributed by atoms with Gasteiger partial charge in [0.25, 0.3) is 0 Å². The molecule has 0 aromatic heterocycles. The number of carbonyl (C=O) groups is 1. The number of hydrogen-bond donors (Lipinski definition) is 2. The molecule has 0 spiro atoms. The van der Waals surface area contributed by atoms with Gasteiger partial charge in [0.15, 0.2) is 9.84 Å². The summed E-state index contributed by atoms with van der Waals surface area (Å²) in [4.78, 5) is 13.5. The Kier molecular flexibility index (Phi) is 3.93. The molecule has 0 amide bonds. The van der Waals surface area contributed by atoms with Crippen LogP contribution in [0.3, 0.4) is 0 Å². The summed E-state index contributed by atoms with van der Waals surface area (Å²) in [6.07, 6.45) is 1.73. The van der Waals surface area contributed by atoms with Crippen molar-refractivity contribution in [2.45, 2.75) is 24.8 Å². The van der Waals surface area contributed by atoms with Gasteiger partial charge in [-0.25, -0.2) is 8.42 Å². The van der Waals surface area contributed by atoms with E-state index in [9.17, 15) is 18.3 Å². The van der Waals surface area contributed by atoms with E-state index in [1.165, 1.54) is 0 Å². The lowest BCUT2D eigenvalue weighted by Crippen LogP contribution is -2.61. The van der Waals surface area contributed by atoms with Crippen molar-refractivity contribution in [3.8, 4) is 0 Å². The van der Waals surface area contributed by atoms with E-state index in [1.54, 1.807) is 0 Å². The highest BCUT2D eigenvalue weighted by atomic mass is 32.2. The first kappa shape index (κ1) is 13.8. The van der Waals surface area contributed by atoms with Crippen LogP contribution in [0.5, 0.6) is 0 Å². The van der Waals surface area contributed by atoms with E-state index in [-0.39, 0.29) is 11.5 Å². The van der Waals surface area contributed by atoms with Crippen molar-refractivity contribution < 1.29 is 18.3 Å². The van der Waals surface area contributed by atoms with E-state index < -0.39 is 21.3 Å². The average molecular weight is 276 g/mol. The van der Waals surface area contributed by atoms with Gasteiger partial charge in [0.2, 0.25) is 0 Å². The summed E-state index contributed by atoms with van der Waals surface area (Å²) in [5.41, 5.74) is -1.21. The summed E-state index contributed by atoms with van der Waals surface area (Å²) in [5.74, 6) is -1.11. The number of rotatable bonds is 2. The molecule has 2 N–H and O–H groups in total. The molecule has 0 aliphatic carbocycles. The third-order valence-electron chi connectivity index (χ3n) is 3.85. The predicted octanol–water partition coefficient (Wildman–Crippen LogP) is -0.686. The average Bonchev–Trinajstić information content (AvgIpc) is 2.55. The Morgan fingerprint density at radius 2 is 2.00 bits per heavy atom. The quantitative estimate of drug-likeness (QED) is 0.694. The van der Waals surface area contributed by atoms with Gasteiger partial charge in [-0.2, -0.15) is 0 Å². The van der Waals surface area contributed by atoms with Crippen molar-refractivity contribution in [3.05, 3.63) is 0 Å². The molecule has 1 unspecified atom stereocenters. The number of carboxylic acids is 1. The number of hydrogen-bond acceptors (Lipinski definition) is 5. The molecule has 6 nitrogen and oxygen atoms in total. The number of sulfone groups is 1. The second-order valence-electron chi connectivity index (χ2n) is 5.12. The normalized spacial score (nSPS) is 33.8. The molecule has 0 aromatic rings. The van der Waals surface area contributed by atoms with E-state index in [0.717, 1.165) is 19.5 Å². The van der Waals surface area contributed by atoms with Crippen molar-refractivity contribution in [3.63, 3.8) is 0 Å². The standard InChI is InChI=1S/C11H20N2O4S/c14-10(15)11(3-1-8-18(16,17)9-11)13-6-2-4-12-5-7-13/h12H,1-9H2,(H,14,15). The maximum Gasteiger partial charge on any atom is 0.325 e. The molecule has 0 saturated carbocycles. The lowest BCUT2D eigenvalue weighted by molar-refractivity contribution is -0.151. The van der Waals surface area contributed by atoms with Gasteiger partial charge in [0.05, 0.1) is 11.5 Å². The third kappa shape index (κ3) is 2.67. The highest BCUT2D eigenvalue weighted by Crippen LogP contribution is 2.30. The summed E-state index contributed by atoms with van der Waals surface area (Å²) in [6.45, 7) is 2.82. The molecule has 0 bridgehead atoms. The predicted molar refractivity (Wildman–Crippen MR) is 67.3 cm³/mol. The second kappa shape index (κ2) is 5.14. The Morgan fingerprint density at radius 1 is 1.22 bits per heavy atom. The summed E-state index contributed by atoms with van der Waals surface area (Å²) in [6, 6.07) is 0. The van der Waals surface area contributed by atoms with Gasteiger partial charge in [-0.05, 0) is 25.8 Å². The molecule has 104 valence electrons. The van der Waals surface area contributed by atoms with Crippen LogP contribution in [0.2, 0.25) is 0 Å². The first-order chi connectivity index (χ1) is 8.46. The molecule has 0 aromatic carbocycles. The zero-order valence-corrected chi connectivity index (χ0v) is 11.2. The molecule has 1 atom stereocenters. The Hall–Kier alpha value is -0.660. The second-order valence-corrected chi connectivity index (χ2v) is 7.31. The van der Waals surface area contributed by atoms with Crippen LogP contribution in [0.15, 0.2) is 0 Å². The Morgan fingerprint density at radius 3 is 2.67 bits per heavy atom. The SMILES string of the molecule is O=C(O)C1(N2CCCNCC2)CCCS(=O)(=O)C1. The maximum absolute atomic E-state index is 11.8. The van der Waals surface area contributed by atoms with E-state index in [2.05, 4.69) is 5.32 Å². The zero-order valence-electron chi connectivity index (χ0n) is 10.4. The van der Waals surface area contributed by atoms with Crippen LogP contribution in [0.1, 0.15) is 19.3 Å². The highest BCUT2D eigenvalue weighted by molar-refractivity contribution is 7.91. The first-order valence-electron chi connectivity index (χ1n) is 6.36. The number of aliphatic carboxylic acids is 1. The fourth-order valence-corrected chi connectivity index (χ4v) is 4.83. The van der Waals surface area contributed by atoms with E-state index >= 15 is 0 Å². The lowest BCUT2D eigenvalue weighted by atomic mass is 9.92. The van der Waals surface area contributed by atoms with Crippen LogP contribution in [-0.2, 0) is 14.6 Å². The number of nitrogens with zero attached hydrogens (tertiary/aromatic N) is 1.